The number of ether oxygens (including phenoxy) is 1. The van der Waals surface area contributed by atoms with Gasteiger partial charge in [0.05, 0.1) is 6.07 Å². The van der Waals surface area contributed by atoms with Crippen LogP contribution in [0.2, 0.25) is 0 Å². The molecule has 1 aromatic carbocycles. The van der Waals surface area contributed by atoms with Gasteiger partial charge in [0.1, 0.15) is 4.92 Å². The molecule has 0 aliphatic rings. The second kappa shape index (κ2) is 7.81. The number of carbonyl (C=O) groups excluding carboxylic acids is 2. The van der Waals surface area contributed by atoms with Gasteiger partial charge < -0.3 is 13.7 Å². The largest absolute Gasteiger partial charge is 0.451 e. The van der Waals surface area contributed by atoms with Crippen LogP contribution in [-0.2, 0) is 4.74 Å². The monoisotopic (exact) mass is 446 g/mol. The van der Waals surface area contributed by atoms with E-state index in [1.165, 1.54) is 0 Å². The number of aryl methyl sites for hydroxylation is 1. The maximum atomic E-state index is 12.5. The van der Waals surface area contributed by atoms with E-state index in [1.807, 2.05) is 35.8 Å². The van der Waals surface area contributed by atoms with Crippen molar-refractivity contribution in [3.63, 3.8) is 0 Å². The van der Waals surface area contributed by atoms with Crippen molar-refractivity contribution in [2.45, 2.75) is 13.8 Å². The summed E-state index contributed by atoms with van der Waals surface area (Å²) in [5.41, 5.74) is 2.90. The maximum absolute atomic E-state index is 12.5. The van der Waals surface area contributed by atoms with Crippen LogP contribution in [0.4, 0.5) is 5.88 Å². The van der Waals surface area contributed by atoms with Crippen molar-refractivity contribution in [1.29, 1.82) is 0 Å². The van der Waals surface area contributed by atoms with E-state index in [1.54, 1.807) is 13.0 Å². The molecule has 8 nitrogen and oxygen atoms in total. The molecule has 144 valence electrons. The van der Waals surface area contributed by atoms with E-state index in [-0.39, 0.29) is 11.5 Å². The van der Waals surface area contributed by atoms with Gasteiger partial charge in [-0.15, -0.1) is 0 Å². The van der Waals surface area contributed by atoms with Gasteiger partial charge in [-0.3, -0.25) is 14.9 Å². The molecule has 0 saturated heterocycles. The zero-order valence-corrected chi connectivity index (χ0v) is 16.6. The summed E-state index contributed by atoms with van der Waals surface area (Å²) in [5.74, 6) is -2.23. The highest BCUT2D eigenvalue weighted by molar-refractivity contribution is 9.10. The third kappa shape index (κ3) is 3.89. The molecule has 0 saturated carbocycles. The number of rotatable bonds is 6. The molecular formula is C19H15BrN2O6. The standard InChI is InChI=1S/C19H15BrN2O6/c1-11-9-15(12(2)21(11)14-5-3-13(20)4-6-14)16(23)10-27-19(24)17-7-8-18(28-17)22(25)26/h3-9H,10H2,1-2H3. The summed E-state index contributed by atoms with van der Waals surface area (Å²) >= 11 is 3.39. The van der Waals surface area contributed by atoms with Crippen molar-refractivity contribution >= 4 is 33.6 Å². The van der Waals surface area contributed by atoms with Crippen LogP contribution in [-0.4, -0.2) is 27.8 Å². The van der Waals surface area contributed by atoms with Crippen LogP contribution in [0.3, 0.4) is 0 Å². The lowest BCUT2D eigenvalue weighted by Crippen LogP contribution is -2.14. The molecule has 2 heterocycles. The molecule has 28 heavy (non-hydrogen) atoms. The number of nitro groups is 1. The molecule has 3 aromatic rings. The van der Waals surface area contributed by atoms with Gasteiger partial charge in [-0.2, -0.15) is 0 Å². The van der Waals surface area contributed by atoms with Crippen LogP contribution in [0.5, 0.6) is 0 Å². The van der Waals surface area contributed by atoms with Crippen molar-refractivity contribution in [1.82, 2.24) is 4.57 Å². The van der Waals surface area contributed by atoms with Crippen molar-refractivity contribution in [2.75, 3.05) is 6.61 Å². The molecule has 0 N–H and O–H groups in total. The van der Waals surface area contributed by atoms with Crippen LogP contribution in [0, 0.1) is 24.0 Å². The predicted octanol–water partition coefficient (Wildman–Crippen LogP) is 4.40. The van der Waals surface area contributed by atoms with Gasteiger partial charge in [0.2, 0.25) is 11.5 Å². The van der Waals surface area contributed by atoms with Crippen LogP contribution in [0.1, 0.15) is 32.3 Å². The van der Waals surface area contributed by atoms with Crippen LogP contribution in [0.25, 0.3) is 5.69 Å². The molecule has 0 spiro atoms. The Bertz CT molecular complexity index is 1060. The van der Waals surface area contributed by atoms with E-state index >= 15 is 0 Å². The lowest BCUT2D eigenvalue weighted by Gasteiger charge is -2.10. The highest BCUT2D eigenvalue weighted by Crippen LogP contribution is 2.23. The minimum absolute atomic E-state index is 0.333. The molecule has 0 radical (unpaired) electrons. The van der Waals surface area contributed by atoms with Gasteiger partial charge in [0.15, 0.2) is 6.61 Å². The average molecular weight is 447 g/mol. The summed E-state index contributed by atoms with van der Waals surface area (Å²) in [5, 5.41) is 10.6. The lowest BCUT2D eigenvalue weighted by atomic mass is 10.1. The van der Waals surface area contributed by atoms with E-state index in [2.05, 4.69) is 15.9 Å². The second-order valence-corrected chi connectivity index (χ2v) is 6.91. The number of halogens is 1. The average Bonchev–Trinajstić information content (AvgIpc) is 3.26. The quantitative estimate of drug-likeness (QED) is 0.240. The molecule has 0 amide bonds. The third-order valence-electron chi connectivity index (χ3n) is 4.12. The topological polar surface area (TPSA) is 105 Å². The number of hydrogen-bond acceptors (Lipinski definition) is 6. The Kier molecular flexibility index (Phi) is 5.46. The van der Waals surface area contributed by atoms with Gasteiger partial charge in [-0.25, -0.2) is 4.79 Å². The summed E-state index contributed by atoms with van der Waals surface area (Å²) in [6, 6.07) is 11.5. The first kappa shape index (κ1) is 19.6. The van der Waals surface area contributed by atoms with E-state index < -0.39 is 23.4 Å². The first-order valence-electron chi connectivity index (χ1n) is 8.17. The van der Waals surface area contributed by atoms with Crippen molar-refractivity contribution < 1.29 is 23.7 Å². The zero-order chi connectivity index (χ0) is 20.4. The number of carbonyl (C=O) groups is 2. The van der Waals surface area contributed by atoms with Gasteiger partial charge in [-0.1, -0.05) is 15.9 Å². The normalized spacial score (nSPS) is 10.7. The Balaban J connectivity index is 1.74. The maximum Gasteiger partial charge on any atom is 0.433 e. The summed E-state index contributed by atoms with van der Waals surface area (Å²) in [6.07, 6.45) is 0. The minimum Gasteiger partial charge on any atom is -0.451 e. The van der Waals surface area contributed by atoms with Crippen LogP contribution in [0.15, 0.2) is 51.4 Å². The smallest absolute Gasteiger partial charge is 0.433 e. The number of benzene rings is 1. The first-order chi connectivity index (χ1) is 13.3. The van der Waals surface area contributed by atoms with Crippen molar-refractivity contribution in [3.05, 3.63) is 79.8 Å². The number of Topliss-reactive ketones (excluding diaryl/α,β-unsaturated/α-hetero) is 1. The SMILES string of the molecule is Cc1cc(C(=O)COC(=O)c2ccc([N+](=O)[O-])o2)c(C)n1-c1ccc(Br)cc1. The van der Waals surface area contributed by atoms with E-state index in [0.29, 0.717) is 5.56 Å². The molecular weight excluding hydrogens is 432 g/mol. The minimum atomic E-state index is -0.942. The third-order valence-corrected chi connectivity index (χ3v) is 4.65. The van der Waals surface area contributed by atoms with Gasteiger partial charge in [-0.05, 0) is 50.2 Å². The molecule has 0 atom stereocenters. The molecule has 9 heteroatoms. The van der Waals surface area contributed by atoms with Gasteiger partial charge >= 0.3 is 11.9 Å². The number of aromatic nitrogens is 1. The summed E-state index contributed by atoms with van der Waals surface area (Å²) in [4.78, 5) is 34.3. The molecule has 0 aliphatic heterocycles. The molecule has 0 unspecified atom stereocenters. The molecule has 0 fully saturated rings. The fourth-order valence-corrected chi connectivity index (χ4v) is 3.11. The van der Waals surface area contributed by atoms with Crippen LogP contribution >= 0.6 is 15.9 Å². The first-order valence-corrected chi connectivity index (χ1v) is 8.96. The highest BCUT2D eigenvalue weighted by atomic mass is 79.9. The predicted molar refractivity (Wildman–Crippen MR) is 103 cm³/mol. The summed E-state index contributed by atoms with van der Waals surface area (Å²) < 4.78 is 12.6. The summed E-state index contributed by atoms with van der Waals surface area (Å²) in [7, 11) is 0. The fraction of sp³-hybridized carbons (Fsp3) is 0.158. The fourth-order valence-electron chi connectivity index (χ4n) is 2.85. The highest BCUT2D eigenvalue weighted by Gasteiger charge is 2.21. The van der Waals surface area contributed by atoms with Crippen molar-refractivity contribution in [3.8, 4) is 5.69 Å². The number of ketones is 1. The molecule has 2 aromatic heterocycles. The molecule has 0 aliphatic carbocycles. The van der Waals surface area contributed by atoms with E-state index in [0.717, 1.165) is 33.7 Å². The second-order valence-electron chi connectivity index (χ2n) is 5.99. The Morgan fingerprint density at radius 1 is 1.18 bits per heavy atom. The number of furan rings is 1. The van der Waals surface area contributed by atoms with Crippen LogP contribution < -0.4 is 0 Å². The number of hydrogen-bond donors (Lipinski definition) is 0. The molecule has 0 bridgehead atoms. The summed E-state index contributed by atoms with van der Waals surface area (Å²) in [6.45, 7) is 3.18. The van der Waals surface area contributed by atoms with Crippen molar-refractivity contribution in [2.24, 2.45) is 0 Å². The zero-order valence-electron chi connectivity index (χ0n) is 15.0. The molecule has 3 rings (SSSR count). The van der Waals surface area contributed by atoms with Gasteiger partial charge in [0.25, 0.3) is 0 Å². The number of esters is 1. The van der Waals surface area contributed by atoms with E-state index in [4.69, 9.17) is 9.15 Å². The van der Waals surface area contributed by atoms with Gasteiger partial charge in [0, 0.05) is 27.1 Å². The Morgan fingerprint density at radius 3 is 2.46 bits per heavy atom. The Labute approximate surface area is 168 Å². The Hall–Kier alpha value is -3.20. The number of nitrogens with zero attached hydrogens (tertiary/aromatic N) is 2. The lowest BCUT2D eigenvalue weighted by molar-refractivity contribution is -0.402. The van der Waals surface area contributed by atoms with E-state index in [9.17, 15) is 19.7 Å². The Morgan fingerprint density at radius 2 is 1.86 bits per heavy atom.